The summed E-state index contributed by atoms with van der Waals surface area (Å²) in [5.74, 6) is 0.988. The van der Waals surface area contributed by atoms with Gasteiger partial charge in [-0.05, 0) is 46.7 Å². The van der Waals surface area contributed by atoms with Crippen LogP contribution < -0.4 is 14.9 Å². The number of nitrogens with zero attached hydrogens (tertiary/aromatic N) is 1. The van der Waals surface area contributed by atoms with Gasteiger partial charge in [0.1, 0.15) is 11.5 Å². The summed E-state index contributed by atoms with van der Waals surface area (Å²) in [5.41, 5.74) is 3.36. The molecule has 4 rings (SSSR count). The van der Waals surface area contributed by atoms with Crippen molar-refractivity contribution in [1.82, 2.24) is 5.43 Å². The van der Waals surface area contributed by atoms with Gasteiger partial charge in [0, 0.05) is 5.56 Å². The van der Waals surface area contributed by atoms with Crippen molar-refractivity contribution in [1.29, 1.82) is 0 Å². The predicted molar refractivity (Wildman–Crippen MR) is 120 cm³/mol. The Morgan fingerprint density at radius 3 is 2.43 bits per heavy atom. The highest BCUT2D eigenvalue weighted by molar-refractivity contribution is 6.02. The number of benzene rings is 4. The van der Waals surface area contributed by atoms with Gasteiger partial charge in [-0.2, -0.15) is 5.10 Å². The average Bonchev–Trinajstić information content (AvgIpc) is 2.78. The molecule has 0 aliphatic carbocycles. The lowest BCUT2D eigenvalue weighted by molar-refractivity contribution is -0.127. The molecule has 0 heterocycles. The molecule has 4 aromatic carbocycles. The molecule has 0 bridgehead atoms. The first-order valence-corrected chi connectivity index (χ1v) is 9.70. The average molecular weight is 398 g/mol. The maximum absolute atomic E-state index is 12.4. The van der Waals surface area contributed by atoms with E-state index in [1.165, 1.54) is 0 Å². The number of fused-ring (bicyclic) bond motifs is 2. The monoisotopic (exact) mass is 398 g/mol. The van der Waals surface area contributed by atoms with Gasteiger partial charge in [0.2, 0.25) is 0 Å². The number of carbonyl (C=O) groups is 1. The van der Waals surface area contributed by atoms with Gasteiger partial charge in [-0.3, -0.25) is 4.79 Å². The number of rotatable bonds is 6. The van der Waals surface area contributed by atoms with Crippen LogP contribution in [0.3, 0.4) is 0 Å². The van der Waals surface area contributed by atoms with Gasteiger partial charge in [0.25, 0.3) is 5.91 Å². The number of ether oxygens (including phenoxy) is 2. The maximum atomic E-state index is 12.4. The third kappa shape index (κ3) is 4.10. The summed E-state index contributed by atoms with van der Waals surface area (Å²) in [7, 11) is 1.61. The van der Waals surface area contributed by atoms with Crippen molar-refractivity contribution in [3.63, 3.8) is 0 Å². The maximum Gasteiger partial charge on any atom is 0.280 e. The number of carbonyl (C=O) groups excluding carboxylic acids is 1. The van der Waals surface area contributed by atoms with E-state index in [-0.39, 0.29) is 5.91 Å². The van der Waals surface area contributed by atoms with Crippen LogP contribution in [0.1, 0.15) is 12.5 Å². The molecule has 0 radical (unpaired) electrons. The molecule has 0 unspecified atom stereocenters. The fourth-order valence-electron chi connectivity index (χ4n) is 3.34. The molecule has 1 atom stereocenters. The molecule has 5 nitrogen and oxygen atoms in total. The summed E-state index contributed by atoms with van der Waals surface area (Å²) < 4.78 is 11.2. The molecule has 1 amide bonds. The van der Waals surface area contributed by atoms with Crippen LogP contribution in [0.15, 0.2) is 84.0 Å². The van der Waals surface area contributed by atoms with Crippen molar-refractivity contribution < 1.29 is 14.3 Å². The van der Waals surface area contributed by atoms with Crippen molar-refractivity contribution in [2.24, 2.45) is 5.10 Å². The third-order valence-corrected chi connectivity index (χ3v) is 4.92. The SMILES string of the molecule is COc1ccc2ccccc2c1/C=N\NC(=O)[C@@H](C)Oc1ccc2ccccc2c1. The second kappa shape index (κ2) is 8.66. The summed E-state index contributed by atoms with van der Waals surface area (Å²) in [6.45, 7) is 1.69. The van der Waals surface area contributed by atoms with Crippen molar-refractivity contribution in [2.75, 3.05) is 7.11 Å². The fraction of sp³-hybridized carbons (Fsp3) is 0.120. The molecule has 0 aliphatic rings. The first kappa shape index (κ1) is 19.5. The minimum atomic E-state index is -0.697. The van der Waals surface area contributed by atoms with Crippen LogP contribution in [0.2, 0.25) is 0 Å². The minimum Gasteiger partial charge on any atom is -0.496 e. The van der Waals surface area contributed by atoms with E-state index < -0.39 is 6.10 Å². The lowest BCUT2D eigenvalue weighted by Crippen LogP contribution is -2.33. The number of amides is 1. The Labute approximate surface area is 174 Å². The lowest BCUT2D eigenvalue weighted by atomic mass is 10.0. The van der Waals surface area contributed by atoms with E-state index in [0.29, 0.717) is 11.5 Å². The van der Waals surface area contributed by atoms with E-state index in [4.69, 9.17) is 9.47 Å². The highest BCUT2D eigenvalue weighted by Gasteiger charge is 2.14. The Morgan fingerprint density at radius 1 is 0.933 bits per heavy atom. The largest absolute Gasteiger partial charge is 0.496 e. The molecule has 30 heavy (non-hydrogen) atoms. The van der Waals surface area contributed by atoms with Crippen molar-refractivity contribution in [3.05, 3.63) is 84.4 Å². The van der Waals surface area contributed by atoms with E-state index in [2.05, 4.69) is 10.5 Å². The Morgan fingerprint density at radius 2 is 1.63 bits per heavy atom. The molecular weight excluding hydrogens is 376 g/mol. The zero-order chi connectivity index (χ0) is 20.9. The first-order chi connectivity index (χ1) is 14.7. The summed E-state index contributed by atoms with van der Waals surface area (Å²) in [6, 6.07) is 25.6. The van der Waals surface area contributed by atoms with Crippen LogP contribution in [-0.4, -0.2) is 25.3 Å². The van der Waals surface area contributed by atoms with Crippen LogP contribution >= 0.6 is 0 Å². The highest BCUT2D eigenvalue weighted by Crippen LogP contribution is 2.26. The smallest absolute Gasteiger partial charge is 0.280 e. The van der Waals surface area contributed by atoms with E-state index in [1.807, 2.05) is 78.9 Å². The predicted octanol–water partition coefficient (Wildman–Crippen LogP) is 4.92. The molecule has 0 saturated heterocycles. The second-order valence-corrected chi connectivity index (χ2v) is 6.91. The summed E-state index contributed by atoms with van der Waals surface area (Å²) in [4.78, 5) is 12.4. The molecular formula is C25H22N2O3. The first-order valence-electron chi connectivity index (χ1n) is 9.70. The van der Waals surface area contributed by atoms with Gasteiger partial charge in [0.05, 0.1) is 13.3 Å². The molecule has 0 saturated carbocycles. The van der Waals surface area contributed by atoms with E-state index in [9.17, 15) is 4.79 Å². The second-order valence-electron chi connectivity index (χ2n) is 6.91. The molecule has 1 N–H and O–H groups in total. The number of nitrogens with one attached hydrogen (secondary N) is 1. The number of methoxy groups -OCH3 is 1. The molecule has 5 heteroatoms. The highest BCUT2D eigenvalue weighted by atomic mass is 16.5. The lowest BCUT2D eigenvalue weighted by Gasteiger charge is -2.13. The zero-order valence-electron chi connectivity index (χ0n) is 16.8. The Balaban J connectivity index is 1.46. The van der Waals surface area contributed by atoms with Gasteiger partial charge in [-0.15, -0.1) is 0 Å². The Kier molecular flexibility index (Phi) is 5.61. The normalized spacial score (nSPS) is 12.2. The van der Waals surface area contributed by atoms with Crippen LogP contribution in [0.4, 0.5) is 0 Å². The zero-order valence-corrected chi connectivity index (χ0v) is 16.8. The standard InChI is InChI=1S/C25H22N2O3/c1-17(30-21-13-11-18-7-3-4-9-20(18)15-21)25(28)27-26-16-23-22-10-6-5-8-19(22)12-14-24(23)29-2/h3-17H,1-2H3,(H,27,28)/b26-16-/t17-/m1/s1. The van der Waals surface area contributed by atoms with E-state index in [0.717, 1.165) is 27.1 Å². The molecule has 0 fully saturated rings. The summed E-state index contributed by atoms with van der Waals surface area (Å²) in [5, 5.41) is 8.37. The van der Waals surface area contributed by atoms with Gasteiger partial charge >= 0.3 is 0 Å². The quantitative estimate of drug-likeness (QED) is 0.370. The number of hydrogen-bond acceptors (Lipinski definition) is 4. The van der Waals surface area contributed by atoms with Gasteiger partial charge < -0.3 is 9.47 Å². The molecule has 150 valence electrons. The van der Waals surface area contributed by atoms with E-state index in [1.54, 1.807) is 20.2 Å². The molecule has 0 spiro atoms. The van der Waals surface area contributed by atoms with Crippen LogP contribution in [0.25, 0.3) is 21.5 Å². The molecule has 0 aromatic heterocycles. The molecule has 4 aromatic rings. The summed E-state index contributed by atoms with van der Waals surface area (Å²) in [6.07, 6.45) is 0.902. The van der Waals surface area contributed by atoms with Gasteiger partial charge in [0.15, 0.2) is 6.10 Å². The van der Waals surface area contributed by atoms with Crippen LogP contribution in [0, 0.1) is 0 Å². The minimum absolute atomic E-state index is 0.335. The topological polar surface area (TPSA) is 59.9 Å². The van der Waals surface area contributed by atoms with E-state index >= 15 is 0 Å². The van der Waals surface area contributed by atoms with Crippen molar-refractivity contribution in [2.45, 2.75) is 13.0 Å². The number of hydrogen-bond donors (Lipinski definition) is 1. The van der Waals surface area contributed by atoms with Gasteiger partial charge in [-0.1, -0.05) is 60.7 Å². The Bertz CT molecular complexity index is 1230. The van der Waals surface area contributed by atoms with Gasteiger partial charge in [-0.25, -0.2) is 5.43 Å². The third-order valence-electron chi connectivity index (χ3n) is 4.92. The molecule has 0 aliphatic heterocycles. The summed E-state index contributed by atoms with van der Waals surface area (Å²) >= 11 is 0. The van der Waals surface area contributed by atoms with Crippen LogP contribution in [-0.2, 0) is 4.79 Å². The van der Waals surface area contributed by atoms with Crippen molar-refractivity contribution in [3.8, 4) is 11.5 Å². The van der Waals surface area contributed by atoms with Crippen LogP contribution in [0.5, 0.6) is 11.5 Å². The number of hydrazone groups is 1. The Hall–Kier alpha value is -3.86. The fourth-order valence-corrected chi connectivity index (χ4v) is 3.34. The van der Waals surface area contributed by atoms with Crippen molar-refractivity contribution >= 4 is 33.7 Å².